The first-order chi connectivity index (χ1) is 11.1. The van der Waals surface area contributed by atoms with Crippen LogP contribution >= 0.6 is 11.8 Å². The predicted molar refractivity (Wildman–Crippen MR) is 84.4 cm³/mol. The number of hydrogen-bond donors (Lipinski definition) is 2. The zero-order valence-electron chi connectivity index (χ0n) is 12.6. The van der Waals surface area contributed by atoms with Crippen molar-refractivity contribution in [2.45, 2.75) is 37.5 Å². The summed E-state index contributed by atoms with van der Waals surface area (Å²) in [6.45, 7) is 0.608. The second-order valence-corrected chi connectivity index (χ2v) is 7.64. The minimum atomic E-state index is -1.06. The summed E-state index contributed by atoms with van der Waals surface area (Å²) in [5.41, 5.74) is 2.39. The summed E-state index contributed by atoms with van der Waals surface area (Å²) >= 11 is 1.60. The maximum absolute atomic E-state index is 12.1. The van der Waals surface area contributed by atoms with Crippen LogP contribution in [0.4, 0.5) is 0 Å². The normalized spacial score (nSPS) is 29.2. The first-order valence-corrected chi connectivity index (χ1v) is 9.02. The van der Waals surface area contributed by atoms with Crippen molar-refractivity contribution < 1.29 is 19.5 Å². The number of thioether (sulfide) groups is 1. The van der Waals surface area contributed by atoms with E-state index in [-0.39, 0.29) is 22.9 Å². The average Bonchev–Trinajstić information content (AvgIpc) is 3.23. The van der Waals surface area contributed by atoms with Crippen molar-refractivity contribution in [3.63, 3.8) is 0 Å². The number of β-lactam (4-membered cyclic amide) rings is 1. The molecule has 2 N–H and O–H groups in total. The second-order valence-electron chi connectivity index (χ2n) is 6.48. The molecule has 4 rings (SSSR count). The lowest BCUT2D eigenvalue weighted by Gasteiger charge is -2.44. The van der Waals surface area contributed by atoms with Crippen LogP contribution in [0.5, 0.6) is 0 Å². The number of nitrogens with zero attached hydrogens (tertiary/aromatic N) is 1. The standard InChI is InChI=1S/C16H18N2O4S/c19-12-6-13-18(12)14(16(21)22)11(7-23-13)10(5-8-1-2-8)9-3-4-17-15(9)20/h8,13H,1-7H2,(H,17,20)(H,21,22)/b10-9+. The van der Waals surface area contributed by atoms with Gasteiger partial charge in [0, 0.05) is 17.9 Å². The molecule has 0 bridgehead atoms. The fourth-order valence-electron chi connectivity index (χ4n) is 3.49. The first-order valence-electron chi connectivity index (χ1n) is 7.97. The van der Waals surface area contributed by atoms with Gasteiger partial charge in [-0.2, -0.15) is 0 Å². The van der Waals surface area contributed by atoms with E-state index in [4.69, 9.17) is 0 Å². The highest BCUT2D eigenvalue weighted by Gasteiger charge is 2.46. The quantitative estimate of drug-likeness (QED) is 0.597. The van der Waals surface area contributed by atoms with Gasteiger partial charge in [0.05, 0.1) is 11.8 Å². The zero-order chi connectivity index (χ0) is 16.1. The van der Waals surface area contributed by atoms with E-state index < -0.39 is 5.97 Å². The largest absolute Gasteiger partial charge is 0.477 e. The Morgan fingerprint density at radius 3 is 2.70 bits per heavy atom. The average molecular weight is 334 g/mol. The summed E-state index contributed by atoms with van der Waals surface area (Å²) in [6, 6.07) is 0. The topological polar surface area (TPSA) is 86.7 Å². The number of carboxylic acids is 1. The van der Waals surface area contributed by atoms with Gasteiger partial charge in [-0.25, -0.2) is 4.79 Å². The summed E-state index contributed by atoms with van der Waals surface area (Å²) in [5.74, 6) is -0.174. The molecular weight excluding hydrogens is 316 g/mol. The Morgan fingerprint density at radius 1 is 1.35 bits per heavy atom. The monoisotopic (exact) mass is 334 g/mol. The van der Waals surface area contributed by atoms with Crippen molar-refractivity contribution in [1.29, 1.82) is 0 Å². The fourth-order valence-corrected chi connectivity index (χ4v) is 4.80. The lowest BCUT2D eigenvalue weighted by molar-refractivity contribution is -0.146. The van der Waals surface area contributed by atoms with Crippen LogP contribution in [-0.2, 0) is 14.4 Å². The Morgan fingerprint density at radius 2 is 2.13 bits per heavy atom. The number of hydrogen-bond acceptors (Lipinski definition) is 4. The molecule has 0 aromatic rings. The zero-order valence-corrected chi connectivity index (χ0v) is 13.4. The molecule has 1 saturated carbocycles. The Bertz CT molecular complexity index is 678. The predicted octanol–water partition coefficient (Wildman–Crippen LogP) is 1.25. The molecule has 0 spiro atoms. The number of amides is 2. The lowest BCUT2D eigenvalue weighted by atomic mass is 9.92. The van der Waals surface area contributed by atoms with E-state index in [2.05, 4.69) is 5.32 Å². The number of carbonyl (C=O) groups excluding carboxylic acids is 2. The van der Waals surface area contributed by atoms with Crippen LogP contribution in [0.25, 0.3) is 0 Å². The van der Waals surface area contributed by atoms with Crippen LogP contribution in [0.3, 0.4) is 0 Å². The number of allylic oxidation sites excluding steroid dienone is 1. The number of nitrogens with one attached hydrogen (secondary N) is 1. The maximum atomic E-state index is 12.1. The molecule has 1 unspecified atom stereocenters. The van der Waals surface area contributed by atoms with Gasteiger partial charge in [-0.05, 0) is 42.7 Å². The van der Waals surface area contributed by atoms with Crippen LogP contribution in [0.2, 0.25) is 0 Å². The maximum Gasteiger partial charge on any atom is 0.352 e. The van der Waals surface area contributed by atoms with E-state index in [9.17, 15) is 19.5 Å². The van der Waals surface area contributed by atoms with E-state index in [1.807, 2.05) is 0 Å². The van der Waals surface area contributed by atoms with Gasteiger partial charge in [0.1, 0.15) is 5.70 Å². The molecule has 7 heteroatoms. The molecule has 1 atom stereocenters. The minimum Gasteiger partial charge on any atom is -0.477 e. The van der Waals surface area contributed by atoms with Gasteiger partial charge < -0.3 is 10.4 Å². The number of rotatable bonds is 4. The Kier molecular flexibility index (Phi) is 3.48. The third-order valence-corrected chi connectivity index (χ3v) is 6.13. The van der Waals surface area contributed by atoms with Gasteiger partial charge in [-0.15, -0.1) is 11.8 Å². The van der Waals surface area contributed by atoms with Gasteiger partial charge in [-0.1, -0.05) is 0 Å². The number of aliphatic carboxylic acids is 1. The van der Waals surface area contributed by atoms with Gasteiger partial charge in [0.25, 0.3) is 0 Å². The van der Waals surface area contributed by atoms with Crippen molar-refractivity contribution in [1.82, 2.24) is 10.2 Å². The molecule has 122 valence electrons. The Balaban J connectivity index is 1.82. The second kappa shape index (κ2) is 5.40. The summed E-state index contributed by atoms with van der Waals surface area (Å²) in [6.07, 6.45) is 4.06. The first kappa shape index (κ1) is 14.8. The van der Waals surface area contributed by atoms with E-state index in [0.29, 0.717) is 36.6 Å². The van der Waals surface area contributed by atoms with Crippen LogP contribution in [0.1, 0.15) is 32.1 Å². The molecule has 3 aliphatic heterocycles. The highest BCUT2D eigenvalue weighted by molar-refractivity contribution is 8.00. The summed E-state index contributed by atoms with van der Waals surface area (Å²) < 4.78 is 0. The van der Waals surface area contributed by atoms with Crippen LogP contribution < -0.4 is 5.32 Å². The number of fused-ring (bicyclic) bond motifs is 1. The summed E-state index contributed by atoms with van der Waals surface area (Å²) in [7, 11) is 0. The van der Waals surface area contributed by atoms with E-state index in [1.165, 1.54) is 4.90 Å². The summed E-state index contributed by atoms with van der Waals surface area (Å²) in [4.78, 5) is 37.2. The Hall–Kier alpha value is -1.76. The molecule has 3 heterocycles. The van der Waals surface area contributed by atoms with Gasteiger partial charge in [-0.3, -0.25) is 14.5 Å². The van der Waals surface area contributed by atoms with E-state index >= 15 is 0 Å². The van der Waals surface area contributed by atoms with Crippen LogP contribution in [0.15, 0.2) is 22.4 Å². The molecular formula is C16H18N2O4S. The molecule has 23 heavy (non-hydrogen) atoms. The molecule has 0 radical (unpaired) electrons. The third-order valence-electron chi connectivity index (χ3n) is 4.91. The molecule has 3 fully saturated rings. The highest BCUT2D eigenvalue weighted by atomic mass is 32.2. The van der Waals surface area contributed by atoms with Crippen molar-refractivity contribution in [3.05, 3.63) is 22.4 Å². The van der Waals surface area contributed by atoms with Crippen molar-refractivity contribution in [2.75, 3.05) is 12.3 Å². The molecule has 6 nitrogen and oxygen atoms in total. The molecule has 2 saturated heterocycles. The van der Waals surface area contributed by atoms with E-state index in [1.54, 1.807) is 11.8 Å². The fraction of sp³-hybridized carbons (Fsp3) is 0.562. The smallest absolute Gasteiger partial charge is 0.352 e. The molecule has 4 aliphatic rings. The van der Waals surface area contributed by atoms with Crippen molar-refractivity contribution in [3.8, 4) is 0 Å². The molecule has 0 aromatic carbocycles. The highest BCUT2D eigenvalue weighted by Crippen LogP contribution is 2.46. The number of carbonyl (C=O) groups is 3. The SMILES string of the molecule is O=C(O)C1=C(/C(CC2CC2)=C2\CCNC2=O)CSC2CC(=O)N12. The molecule has 0 aromatic heterocycles. The van der Waals surface area contributed by atoms with Crippen LogP contribution in [-0.4, -0.2) is 45.5 Å². The summed E-state index contributed by atoms with van der Waals surface area (Å²) in [5, 5.41) is 12.4. The third kappa shape index (κ3) is 2.47. The molecule has 1 aliphatic carbocycles. The van der Waals surface area contributed by atoms with Gasteiger partial charge >= 0.3 is 5.97 Å². The Labute approximate surface area is 138 Å². The van der Waals surface area contributed by atoms with Gasteiger partial charge in [0.15, 0.2) is 0 Å². The molecule has 2 amide bonds. The van der Waals surface area contributed by atoms with Gasteiger partial charge in [0.2, 0.25) is 11.8 Å². The van der Waals surface area contributed by atoms with Crippen LogP contribution in [0, 0.1) is 5.92 Å². The van der Waals surface area contributed by atoms with Crippen molar-refractivity contribution in [2.24, 2.45) is 5.92 Å². The lowest BCUT2D eigenvalue weighted by Crippen LogP contribution is -2.54. The van der Waals surface area contributed by atoms with E-state index in [0.717, 1.165) is 30.4 Å². The minimum absolute atomic E-state index is 0.0538. The number of carboxylic acid groups (broad SMARTS) is 1. The van der Waals surface area contributed by atoms with Crippen molar-refractivity contribution >= 4 is 29.5 Å².